The molecule has 0 radical (unpaired) electrons. The highest BCUT2D eigenvalue weighted by Crippen LogP contribution is 2.18. The van der Waals surface area contributed by atoms with Crippen molar-refractivity contribution in [3.63, 3.8) is 0 Å². The summed E-state index contributed by atoms with van der Waals surface area (Å²) in [5.74, 6) is 0.821. The number of guanidine groups is 1. The van der Waals surface area contributed by atoms with Crippen molar-refractivity contribution in [3.05, 3.63) is 48.5 Å². The van der Waals surface area contributed by atoms with Crippen molar-refractivity contribution in [1.82, 2.24) is 20.2 Å². The average Bonchev–Trinajstić information content (AvgIpc) is 3.10. The summed E-state index contributed by atoms with van der Waals surface area (Å²) in [4.78, 5) is 8.08. The van der Waals surface area contributed by atoms with E-state index in [4.69, 9.17) is 0 Å². The standard InChI is InChI=1S/C16H20F3N5O/c1-20-15(22-7-9-24-8-6-21-12-24)23-10-13-2-4-14(5-3-13)25-11-16(17,18)19/h2-6,8,12H,7,9-11H2,1H3,(H2,20,22,23). The molecule has 0 saturated heterocycles. The molecule has 0 bridgehead atoms. The van der Waals surface area contributed by atoms with Gasteiger partial charge >= 0.3 is 6.18 Å². The van der Waals surface area contributed by atoms with Gasteiger partial charge in [0.2, 0.25) is 0 Å². The van der Waals surface area contributed by atoms with E-state index in [-0.39, 0.29) is 5.75 Å². The molecule has 25 heavy (non-hydrogen) atoms. The maximum absolute atomic E-state index is 12.1. The molecule has 0 aliphatic rings. The Balaban J connectivity index is 1.73. The highest BCUT2D eigenvalue weighted by molar-refractivity contribution is 5.79. The number of rotatable bonds is 7. The zero-order valence-electron chi connectivity index (χ0n) is 13.8. The van der Waals surface area contributed by atoms with E-state index in [1.807, 2.05) is 10.8 Å². The summed E-state index contributed by atoms with van der Waals surface area (Å²) in [6.45, 7) is 0.633. The van der Waals surface area contributed by atoms with E-state index in [0.717, 1.165) is 12.1 Å². The number of hydrogen-bond donors (Lipinski definition) is 2. The molecule has 136 valence electrons. The number of benzene rings is 1. The van der Waals surface area contributed by atoms with E-state index in [0.29, 0.717) is 19.0 Å². The third-order valence-electron chi connectivity index (χ3n) is 3.23. The van der Waals surface area contributed by atoms with Gasteiger partial charge in [-0.25, -0.2) is 4.98 Å². The van der Waals surface area contributed by atoms with Crippen LogP contribution in [0.3, 0.4) is 0 Å². The molecule has 2 rings (SSSR count). The molecule has 0 atom stereocenters. The van der Waals surface area contributed by atoms with Crippen LogP contribution in [-0.2, 0) is 13.1 Å². The lowest BCUT2D eigenvalue weighted by atomic mass is 10.2. The van der Waals surface area contributed by atoms with E-state index in [1.165, 1.54) is 12.1 Å². The first-order valence-corrected chi connectivity index (χ1v) is 7.65. The number of aliphatic imine (C=N–C) groups is 1. The second kappa shape index (κ2) is 8.95. The molecule has 0 fully saturated rings. The first kappa shape index (κ1) is 18.6. The van der Waals surface area contributed by atoms with Crippen molar-refractivity contribution in [2.45, 2.75) is 19.3 Å². The minimum atomic E-state index is -4.34. The molecule has 0 aliphatic carbocycles. The van der Waals surface area contributed by atoms with Crippen LogP contribution in [0.25, 0.3) is 0 Å². The first-order valence-electron chi connectivity index (χ1n) is 7.65. The molecule has 0 aliphatic heterocycles. The van der Waals surface area contributed by atoms with Gasteiger partial charge in [0.1, 0.15) is 5.75 Å². The van der Waals surface area contributed by atoms with Crippen LogP contribution in [0.4, 0.5) is 13.2 Å². The SMILES string of the molecule is CN=C(NCCn1ccnc1)NCc1ccc(OCC(F)(F)F)cc1. The van der Waals surface area contributed by atoms with Crippen molar-refractivity contribution < 1.29 is 17.9 Å². The molecule has 0 spiro atoms. The number of hydrogen-bond acceptors (Lipinski definition) is 3. The first-order chi connectivity index (χ1) is 12.0. The van der Waals surface area contributed by atoms with Crippen LogP contribution in [-0.4, -0.2) is 41.9 Å². The van der Waals surface area contributed by atoms with Crippen molar-refractivity contribution in [2.75, 3.05) is 20.2 Å². The third-order valence-corrected chi connectivity index (χ3v) is 3.23. The molecule has 0 saturated carbocycles. The molecular formula is C16H20F3N5O. The van der Waals surface area contributed by atoms with E-state index < -0.39 is 12.8 Å². The highest BCUT2D eigenvalue weighted by atomic mass is 19.4. The quantitative estimate of drug-likeness (QED) is 0.590. The zero-order chi connectivity index (χ0) is 18.1. The lowest BCUT2D eigenvalue weighted by molar-refractivity contribution is -0.153. The lowest BCUT2D eigenvalue weighted by Gasteiger charge is -2.13. The van der Waals surface area contributed by atoms with Gasteiger partial charge in [-0.15, -0.1) is 0 Å². The van der Waals surface area contributed by atoms with Gasteiger partial charge in [-0.3, -0.25) is 4.99 Å². The fraction of sp³-hybridized carbons (Fsp3) is 0.375. The van der Waals surface area contributed by atoms with Gasteiger partial charge in [0.05, 0.1) is 6.33 Å². The minimum Gasteiger partial charge on any atom is -0.484 e. The summed E-state index contributed by atoms with van der Waals surface area (Å²) >= 11 is 0. The molecule has 0 unspecified atom stereocenters. The third kappa shape index (κ3) is 7.15. The summed E-state index contributed by atoms with van der Waals surface area (Å²) in [5.41, 5.74) is 0.900. The normalized spacial score (nSPS) is 12.1. The molecule has 1 heterocycles. The molecule has 0 amide bonds. The topological polar surface area (TPSA) is 63.5 Å². The second-order valence-corrected chi connectivity index (χ2v) is 5.20. The Bertz CT molecular complexity index is 653. The fourth-order valence-electron chi connectivity index (χ4n) is 2.00. The number of ether oxygens (including phenoxy) is 1. The van der Waals surface area contributed by atoms with Crippen LogP contribution in [0.2, 0.25) is 0 Å². The van der Waals surface area contributed by atoms with Crippen LogP contribution in [0.15, 0.2) is 48.0 Å². The largest absolute Gasteiger partial charge is 0.484 e. The van der Waals surface area contributed by atoms with Gasteiger partial charge in [0, 0.05) is 39.1 Å². The van der Waals surface area contributed by atoms with Gasteiger partial charge < -0.3 is 19.9 Å². The Morgan fingerprint density at radius 3 is 2.60 bits per heavy atom. The van der Waals surface area contributed by atoms with Gasteiger partial charge in [-0.1, -0.05) is 12.1 Å². The Kier molecular flexibility index (Phi) is 6.67. The summed E-state index contributed by atoms with van der Waals surface area (Å²) < 4.78 is 42.9. The molecule has 2 aromatic rings. The number of aromatic nitrogens is 2. The number of nitrogens with one attached hydrogen (secondary N) is 2. The molecular weight excluding hydrogens is 335 g/mol. The van der Waals surface area contributed by atoms with Gasteiger partial charge in [-0.05, 0) is 17.7 Å². The summed E-state index contributed by atoms with van der Waals surface area (Å²) in [6, 6.07) is 6.44. The van der Waals surface area contributed by atoms with Crippen molar-refractivity contribution in [2.24, 2.45) is 4.99 Å². The predicted molar refractivity (Wildman–Crippen MR) is 88.4 cm³/mol. The van der Waals surface area contributed by atoms with Crippen molar-refractivity contribution >= 4 is 5.96 Å². The lowest BCUT2D eigenvalue weighted by Crippen LogP contribution is -2.38. The fourth-order valence-corrected chi connectivity index (χ4v) is 2.00. The van der Waals surface area contributed by atoms with Crippen LogP contribution >= 0.6 is 0 Å². The molecule has 9 heteroatoms. The van der Waals surface area contributed by atoms with E-state index in [1.54, 1.807) is 31.7 Å². The van der Waals surface area contributed by atoms with Crippen LogP contribution in [0, 0.1) is 0 Å². The van der Waals surface area contributed by atoms with Gasteiger partial charge in [0.25, 0.3) is 0 Å². The smallest absolute Gasteiger partial charge is 0.422 e. The van der Waals surface area contributed by atoms with Crippen LogP contribution in [0.5, 0.6) is 5.75 Å². The number of imidazole rings is 1. The highest BCUT2D eigenvalue weighted by Gasteiger charge is 2.28. The Morgan fingerprint density at radius 2 is 2.00 bits per heavy atom. The Morgan fingerprint density at radius 1 is 1.24 bits per heavy atom. The minimum absolute atomic E-state index is 0.184. The molecule has 1 aromatic heterocycles. The predicted octanol–water partition coefficient (Wildman–Crippen LogP) is 2.19. The monoisotopic (exact) mass is 355 g/mol. The number of halogens is 3. The van der Waals surface area contributed by atoms with Crippen molar-refractivity contribution in [3.8, 4) is 5.75 Å². The Hall–Kier alpha value is -2.71. The number of alkyl halides is 3. The number of nitrogens with zero attached hydrogens (tertiary/aromatic N) is 3. The van der Waals surface area contributed by atoms with E-state index >= 15 is 0 Å². The average molecular weight is 355 g/mol. The molecule has 6 nitrogen and oxygen atoms in total. The van der Waals surface area contributed by atoms with Gasteiger partial charge in [0.15, 0.2) is 12.6 Å². The zero-order valence-corrected chi connectivity index (χ0v) is 13.8. The maximum Gasteiger partial charge on any atom is 0.422 e. The summed E-state index contributed by atoms with van der Waals surface area (Å²) in [6.07, 6.45) is 0.991. The van der Waals surface area contributed by atoms with E-state index in [9.17, 15) is 13.2 Å². The summed E-state index contributed by atoms with van der Waals surface area (Å²) in [5, 5.41) is 6.30. The van der Waals surface area contributed by atoms with Crippen molar-refractivity contribution in [1.29, 1.82) is 0 Å². The molecule has 2 N–H and O–H groups in total. The Labute approximate surface area is 143 Å². The van der Waals surface area contributed by atoms with E-state index in [2.05, 4.69) is 25.3 Å². The maximum atomic E-state index is 12.1. The molecule has 1 aromatic carbocycles. The summed E-state index contributed by atoms with van der Waals surface area (Å²) in [7, 11) is 1.67. The second-order valence-electron chi connectivity index (χ2n) is 5.20. The van der Waals surface area contributed by atoms with Crippen LogP contribution < -0.4 is 15.4 Å². The van der Waals surface area contributed by atoms with Gasteiger partial charge in [-0.2, -0.15) is 13.2 Å². The van der Waals surface area contributed by atoms with Crippen LogP contribution in [0.1, 0.15) is 5.56 Å².